The van der Waals surface area contributed by atoms with E-state index in [1.54, 1.807) is 0 Å². The summed E-state index contributed by atoms with van der Waals surface area (Å²) in [5, 5.41) is 2.26. The van der Waals surface area contributed by atoms with Crippen molar-refractivity contribution < 1.29 is 18.0 Å². The lowest BCUT2D eigenvalue weighted by atomic mass is 10.0. The van der Waals surface area contributed by atoms with Gasteiger partial charge in [0.15, 0.2) is 0 Å². The van der Waals surface area contributed by atoms with E-state index in [0.29, 0.717) is 6.42 Å². The van der Waals surface area contributed by atoms with Gasteiger partial charge in [-0.25, -0.2) is 0 Å². The first kappa shape index (κ1) is 15.2. The van der Waals surface area contributed by atoms with Gasteiger partial charge in [0.25, 0.3) is 0 Å². The second kappa shape index (κ2) is 6.08. The molecule has 0 aromatic heterocycles. The molecule has 0 rings (SSSR count). The van der Waals surface area contributed by atoms with Crippen molar-refractivity contribution in [2.45, 2.75) is 51.9 Å². The highest BCUT2D eigenvalue weighted by molar-refractivity contribution is 5.81. The molecule has 1 amide bonds. The van der Waals surface area contributed by atoms with Crippen LogP contribution in [0.3, 0.4) is 0 Å². The summed E-state index contributed by atoms with van der Waals surface area (Å²) >= 11 is 0. The molecule has 0 bridgehead atoms. The second-order valence-electron chi connectivity index (χ2n) is 4.46. The highest BCUT2D eigenvalue weighted by atomic mass is 19.4. The molecule has 0 saturated heterocycles. The van der Waals surface area contributed by atoms with Crippen molar-refractivity contribution in [2.24, 2.45) is 11.7 Å². The molecule has 6 heteroatoms. The molecular weight excluding hydrogens is 221 g/mol. The number of hydrogen-bond donors (Lipinski definition) is 2. The molecule has 0 spiro atoms. The summed E-state index contributed by atoms with van der Waals surface area (Å²) in [4.78, 5) is 11.4. The van der Waals surface area contributed by atoms with Crippen LogP contribution in [0, 0.1) is 5.92 Å². The normalized spacial score (nSPS) is 16.0. The topological polar surface area (TPSA) is 55.1 Å². The van der Waals surface area contributed by atoms with Gasteiger partial charge in [-0.05, 0) is 19.3 Å². The number of nitrogens with two attached hydrogens (primary N) is 1. The van der Waals surface area contributed by atoms with Gasteiger partial charge in [-0.15, -0.1) is 0 Å². The zero-order valence-corrected chi connectivity index (χ0v) is 9.77. The van der Waals surface area contributed by atoms with E-state index in [0.717, 1.165) is 0 Å². The number of rotatable bonds is 5. The monoisotopic (exact) mass is 240 g/mol. The van der Waals surface area contributed by atoms with Crippen molar-refractivity contribution in [3.8, 4) is 0 Å². The Morgan fingerprint density at radius 1 is 1.31 bits per heavy atom. The largest absolute Gasteiger partial charge is 0.391 e. The van der Waals surface area contributed by atoms with E-state index in [9.17, 15) is 18.0 Å². The van der Waals surface area contributed by atoms with Crippen molar-refractivity contribution in [1.29, 1.82) is 0 Å². The van der Waals surface area contributed by atoms with Crippen LogP contribution in [0.25, 0.3) is 0 Å². The average molecular weight is 240 g/mol. The molecule has 16 heavy (non-hydrogen) atoms. The molecule has 1 unspecified atom stereocenters. The van der Waals surface area contributed by atoms with Gasteiger partial charge in [0.1, 0.15) is 0 Å². The first-order chi connectivity index (χ1) is 7.11. The Labute approximate surface area is 93.6 Å². The van der Waals surface area contributed by atoms with Gasteiger partial charge in [-0.2, -0.15) is 13.2 Å². The standard InChI is InChI=1S/C10H19F3N2O/c1-6(2)4-8(14)9(16)15-7(3)5-10(11,12)13/h6-8H,4-5,14H2,1-3H3,(H,15,16)/t7?,8-/m1/s1. The van der Waals surface area contributed by atoms with Crippen molar-refractivity contribution >= 4 is 5.91 Å². The van der Waals surface area contributed by atoms with Crippen molar-refractivity contribution in [2.75, 3.05) is 0 Å². The van der Waals surface area contributed by atoms with Crippen LogP contribution in [0.15, 0.2) is 0 Å². The second-order valence-corrected chi connectivity index (χ2v) is 4.46. The summed E-state index contributed by atoms with van der Waals surface area (Å²) in [7, 11) is 0. The predicted molar refractivity (Wildman–Crippen MR) is 55.7 cm³/mol. The summed E-state index contributed by atoms with van der Waals surface area (Å²) in [5.74, 6) is -0.288. The molecule has 0 aromatic carbocycles. The summed E-state index contributed by atoms with van der Waals surface area (Å²) < 4.78 is 36.0. The summed E-state index contributed by atoms with van der Waals surface area (Å²) in [6.45, 7) is 5.10. The number of halogens is 3. The molecule has 0 aliphatic carbocycles. The Kier molecular flexibility index (Phi) is 5.78. The fraction of sp³-hybridized carbons (Fsp3) is 0.900. The van der Waals surface area contributed by atoms with Gasteiger partial charge < -0.3 is 11.1 Å². The molecule has 0 aliphatic rings. The smallest absolute Gasteiger partial charge is 0.352 e. The minimum atomic E-state index is -4.27. The lowest BCUT2D eigenvalue weighted by Gasteiger charge is -2.19. The van der Waals surface area contributed by atoms with Gasteiger partial charge in [0.2, 0.25) is 5.91 Å². The van der Waals surface area contributed by atoms with E-state index in [1.165, 1.54) is 6.92 Å². The summed E-state index contributed by atoms with van der Waals surface area (Å²) in [5.41, 5.74) is 5.54. The Balaban J connectivity index is 4.04. The molecule has 0 aliphatic heterocycles. The number of nitrogens with one attached hydrogen (secondary N) is 1. The number of hydrogen-bond acceptors (Lipinski definition) is 2. The first-order valence-electron chi connectivity index (χ1n) is 5.24. The number of carbonyl (C=O) groups is 1. The van der Waals surface area contributed by atoms with E-state index in [1.807, 2.05) is 13.8 Å². The Morgan fingerprint density at radius 3 is 2.19 bits per heavy atom. The maximum atomic E-state index is 12.0. The van der Waals surface area contributed by atoms with Crippen LogP contribution in [0.4, 0.5) is 13.2 Å². The van der Waals surface area contributed by atoms with Gasteiger partial charge in [0.05, 0.1) is 12.5 Å². The fourth-order valence-electron chi connectivity index (χ4n) is 1.36. The molecule has 0 fully saturated rings. The summed E-state index contributed by atoms with van der Waals surface area (Å²) in [6.07, 6.45) is -4.84. The Morgan fingerprint density at radius 2 is 1.81 bits per heavy atom. The maximum absolute atomic E-state index is 12.0. The molecule has 96 valence electrons. The molecule has 0 saturated carbocycles. The van der Waals surface area contributed by atoms with Gasteiger partial charge in [-0.3, -0.25) is 4.79 Å². The van der Waals surface area contributed by atoms with E-state index in [-0.39, 0.29) is 5.92 Å². The highest BCUT2D eigenvalue weighted by Gasteiger charge is 2.31. The SMILES string of the molecule is CC(C)C[C@@H](N)C(=O)NC(C)CC(F)(F)F. The van der Waals surface area contributed by atoms with Gasteiger partial charge in [0, 0.05) is 6.04 Å². The van der Waals surface area contributed by atoms with Crippen LogP contribution in [-0.4, -0.2) is 24.2 Å². The average Bonchev–Trinajstić information content (AvgIpc) is 1.98. The molecule has 3 N–H and O–H groups in total. The minimum absolute atomic E-state index is 0.235. The maximum Gasteiger partial charge on any atom is 0.391 e. The van der Waals surface area contributed by atoms with Crippen LogP contribution in [-0.2, 0) is 4.79 Å². The van der Waals surface area contributed by atoms with Crippen molar-refractivity contribution in [3.05, 3.63) is 0 Å². The third-order valence-electron chi connectivity index (χ3n) is 1.99. The van der Waals surface area contributed by atoms with E-state index >= 15 is 0 Å². The van der Waals surface area contributed by atoms with E-state index < -0.39 is 30.6 Å². The highest BCUT2D eigenvalue weighted by Crippen LogP contribution is 2.21. The number of carbonyl (C=O) groups excluding carboxylic acids is 1. The third kappa shape index (κ3) is 7.50. The third-order valence-corrected chi connectivity index (χ3v) is 1.99. The van der Waals surface area contributed by atoms with Gasteiger partial charge >= 0.3 is 6.18 Å². The zero-order valence-electron chi connectivity index (χ0n) is 9.77. The molecule has 0 aromatic rings. The minimum Gasteiger partial charge on any atom is -0.352 e. The van der Waals surface area contributed by atoms with Crippen molar-refractivity contribution in [3.63, 3.8) is 0 Å². The Hall–Kier alpha value is -0.780. The van der Waals surface area contributed by atoms with E-state index in [2.05, 4.69) is 5.32 Å². The Bertz CT molecular complexity index is 229. The molecular formula is C10H19F3N2O. The molecule has 0 radical (unpaired) electrons. The van der Waals surface area contributed by atoms with Crippen LogP contribution >= 0.6 is 0 Å². The first-order valence-corrected chi connectivity index (χ1v) is 5.24. The van der Waals surface area contributed by atoms with E-state index in [4.69, 9.17) is 5.73 Å². The molecule has 0 heterocycles. The van der Waals surface area contributed by atoms with Gasteiger partial charge in [-0.1, -0.05) is 13.8 Å². The van der Waals surface area contributed by atoms with Crippen LogP contribution in [0.2, 0.25) is 0 Å². The number of amides is 1. The van der Waals surface area contributed by atoms with Crippen molar-refractivity contribution in [1.82, 2.24) is 5.32 Å². The lowest BCUT2D eigenvalue weighted by molar-refractivity contribution is -0.141. The molecule has 2 atom stereocenters. The van der Waals surface area contributed by atoms with Crippen LogP contribution in [0.1, 0.15) is 33.6 Å². The summed E-state index contributed by atoms with van der Waals surface area (Å²) in [6, 6.07) is -1.68. The van der Waals surface area contributed by atoms with Crippen LogP contribution < -0.4 is 11.1 Å². The lowest BCUT2D eigenvalue weighted by Crippen LogP contribution is -2.46. The van der Waals surface area contributed by atoms with Crippen LogP contribution in [0.5, 0.6) is 0 Å². The quantitative estimate of drug-likeness (QED) is 0.770. The predicted octanol–water partition coefficient (Wildman–Crippen LogP) is 1.82. The molecule has 3 nitrogen and oxygen atoms in total. The zero-order chi connectivity index (χ0) is 12.9. The fourth-order valence-corrected chi connectivity index (χ4v) is 1.36. The number of alkyl halides is 3.